The molecule has 2 heterocycles. The Bertz CT molecular complexity index is 983. The molecule has 0 saturated carbocycles. The van der Waals surface area contributed by atoms with Gasteiger partial charge in [0.15, 0.2) is 5.82 Å². The summed E-state index contributed by atoms with van der Waals surface area (Å²) < 4.78 is 41.8. The summed E-state index contributed by atoms with van der Waals surface area (Å²) in [7, 11) is 0. The lowest BCUT2D eigenvalue weighted by Crippen LogP contribution is -2.17. The molecule has 0 aliphatic rings. The second kappa shape index (κ2) is 7.78. The third kappa shape index (κ3) is 5.30. The normalized spacial score (nSPS) is 11.5. The minimum atomic E-state index is -4.75. The second-order valence-electron chi connectivity index (χ2n) is 5.33. The van der Waals surface area contributed by atoms with Crippen molar-refractivity contribution < 1.29 is 27.8 Å². The quantitative estimate of drug-likeness (QED) is 0.686. The summed E-state index contributed by atoms with van der Waals surface area (Å²) in [5.74, 6) is 0.234. The van der Waals surface area contributed by atoms with Crippen LogP contribution in [0, 0.1) is 0 Å². The van der Waals surface area contributed by atoms with Crippen molar-refractivity contribution in [2.24, 2.45) is 0 Å². The molecule has 0 atom stereocenters. The molecular formula is C17H12F3N5O3. The number of amides is 1. The van der Waals surface area contributed by atoms with Crippen LogP contribution in [0.1, 0.15) is 11.4 Å². The molecular weight excluding hydrogens is 379 g/mol. The molecule has 1 aromatic carbocycles. The van der Waals surface area contributed by atoms with Gasteiger partial charge < -0.3 is 9.84 Å². The molecule has 0 spiro atoms. The summed E-state index contributed by atoms with van der Waals surface area (Å²) in [5.41, 5.74) is 1.20. The van der Waals surface area contributed by atoms with Gasteiger partial charge >= 0.3 is 12.5 Å². The van der Waals surface area contributed by atoms with Gasteiger partial charge in [0, 0.05) is 6.20 Å². The predicted octanol–water partition coefficient (Wildman–Crippen LogP) is 3.82. The van der Waals surface area contributed by atoms with Crippen LogP contribution in [-0.2, 0) is 0 Å². The number of hydrogen-bond donors (Lipinski definition) is 2. The van der Waals surface area contributed by atoms with E-state index in [1.54, 1.807) is 18.2 Å². The molecule has 0 saturated heterocycles. The number of hydrogen-bond acceptors (Lipinski definition) is 5. The van der Waals surface area contributed by atoms with Crippen molar-refractivity contribution in [3.63, 3.8) is 0 Å². The Morgan fingerprint density at radius 1 is 1.11 bits per heavy atom. The van der Waals surface area contributed by atoms with Crippen LogP contribution in [-0.4, -0.2) is 37.3 Å². The van der Waals surface area contributed by atoms with Gasteiger partial charge in [-0.15, -0.1) is 18.3 Å². The first kappa shape index (κ1) is 18.9. The maximum absolute atomic E-state index is 12.2. The van der Waals surface area contributed by atoms with Crippen LogP contribution < -0.4 is 10.1 Å². The van der Waals surface area contributed by atoms with Crippen LogP contribution in [0.25, 0.3) is 17.8 Å². The molecule has 3 rings (SSSR count). The largest absolute Gasteiger partial charge is 0.573 e. The molecule has 11 heteroatoms. The maximum atomic E-state index is 12.2. The number of nitrogens with one attached hydrogen (secondary N) is 1. The van der Waals surface area contributed by atoms with Gasteiger partial charge in [-0.25, -0.2) is 19.4 Å². The van der Waals surface area contributed by atoms with E-state index in [0.29, 0.717) is 17.1 Å². The molecule has 2 N–H and O–H groups in total. The van der Waals surface area contributed by atoms with Crippen molar-refractivity contribution in [3.8, 4) is 11.4 Å². The third-order valence-corrected chi connectivity index (χ3v) is 3.29. The molecule has 8 nitrogen and oxygen atoms in total. The van der Waals surface area contributed by atoms with Gasteiger partial charge in [-0.2, -0.15) is 0 Å². The number of pyridine rings is 1. The van der Waals surface area contributed by atoms with E-state index in [2.05, 4.69) is 25.1 Å². The topological polar surface area (TPSA) is 102 Å². The molecule has 0 fully saturated rings. The summed E-state index contributed by atoms with van der Waals surface area (Å²) in [6, 6.07) is 8.36. The number of halogens is 3. The van der Waals surface area contributed by atoms with Crippen molar-refractivity contribution in [1.82, 2.24) is 19.7 Å². The van der Waals surface area contributed by atoms with Gasteiger partial charge in [0.25, 0.3) is 0 Å². The molecule has 28 heavy (non-hydrogen) atoms. The zero-order valence-corrected chi connectivity index (χ0v) is 14.0. The molecule has 0 aliphatic heterocycles. The fourth-order valence-corrected chi connectivity index (χ4v) is 2.14. The highest BCUT2D eigenvalue weighted by Gasteiger charge is 2.30. The van der Waals surface area contributed by atoms with Crippen LogP contribution in [0.15, 0.2) is 48.9 Å². The average Bonchev–Trinajstić information content (AvgIpc) is 3.09. The zero-order valence-electron chi connectivity index (χ0n) is 14.0. The van der Waals surface area contributed by atoms with E-state index >= 15 is 0 Å². The SMILES string of the molecule is O=C(O)Nc1ccc(C=Cc2ncn(-c3ccc(OC(F)(F)F)cc3)n2)cn1. The molecule has 0 radical (unpaired) electrons. The molecule has 1 amide bonds. The van der Waals surface area contributed by atoms with Gasteiger partial charge in [-0.1, -0.05) is 0 Å². The number of nitrogens with zero attached hydrogens (tertiary/aromatic N) is 4. The van der Waals surface area contributed by atoms with Gasteiger partial charge in [0.2, 0.25) is 0 Å². The maximum Gasteiger partial charge on any atom is 0.573 e. The van der Waals surface area contributed by atoms with E-state index < -0.39 is 12.5 Å². The van der Waals surface area contributed by atoms with Crippen LogP contribution in [0.2, 0.25) is 0 Å². The van der Waals surface area contributed by atoms with E-state index in [9.17, 15) is 18.0 Å². The average molecular weight is 391 g/mol. The first-order valence-corrected chi connectivity index (χ1v) is 7.70. The van der Waals surface area contributed by atoms with Gasteiger partial charge in [0.1, 0.15) is 17.9 Å². The summed E-state index contributed by atoms with van der Waals surface area (Å²) >= 11 is 0. The number of ether oxygens (including phenoxy) is 1. The lowest BCUT2D eigenvalue weighted by atomic mass is 10.2. The lowest BCUT2D eigenvalue weighted by molar-refractivity contribution is -0.274. The van der Waals surface area contributed by atoms with Crippen LogP contribution in [0.4, 0.5) is 23.8 Å². The van der Waals surface area contributed by atoms with E-state index in [-0.39, 0.29) is 11.6 Å². The monoisotopic (exact) mass is 391 g/mol. The number of rotatable bonds is 5. The van der Waals surface area contributed by atoms with Crippen molar-refractivity contribution in [2.45, 2.75) is 6.36 Å². The number of aromatic nitrogens is 4. The molecule has 2 aromatic heterocycles. The first-order chi connectivity index (χ1) is 13.3. The summed E-state index contributed by atoms with van der Waals surface area (Å²) in [6.07, 6.45) is 0.221. The summed E-state index contributed by atoms with van der Waals surface area (Å²) in [6.45, 7) is 0. The Kier molecular flexibility index (Phi) is 5.25. The highest BCUT2D eigenvalue weighted by molar-refractivity contribution is 5.81. The zero-order chi connectivity index (χ0) is 20.1. The van der Waals surface area contributed by atoms with Gasteiger partial charge in [-0.3, -0.25) is 5.32 Å². The lowest BCUT2D eigenvalue weighted by Gasteiger charge is -2.08. The van der Waals surface area contributed by atoms with Crippen LogP contribution in [0.5, 0.6) is 5.75 Å². The van der Waals surface area contributed by atoms with Gasteiger partial charge in [-0.05, 0) is 54.1 Å². The van der Waals surface area contributed by atoms with Crippen LogP contribution in [0.3, 0.4) is 0 Å². The van der Waals surface area contributed by atoms with E-state index in [1.807, 2.05) is 0 Å². The van der Waals surface area contributed by atoms with E-state index in [4.69, 9.17) is 5.11 Å². The fourth-order valence-electron chi connectivity index (χ4n) is 2.14. The predicted molar refractivity (Wildman–Crippen MR) is 92.9 cm³/mol. The summed E-state index contributed by atoms with van der Waals surface area (Å²) in [5, 5.41) is 14.9. The Hall–Kier alpha value is -3.89. The Morgan fingerprint density at radius 3 is 2.46 bits per heavy atom. The number of carbonyl (C=O) groups is 1. The molecule has 0 bridgehead atoms. The second-order valence-corrected chi connectivity index (χ2v) is 5.33. The van der Waals surface area contributed by atoms with Crippen molar-refractivity contribution in [3.05, 3.63) is 60.3 Å². The molecule has 0 aliphatic carbocycles. The molecule has 3 aromatic rings. The summed E-state index contributed by atoms with van der Waals surface area (Å²) in [4.78, 5) is 18.5. The smallest absolute Gasteiger partial charge is 0.465 e. The van der Waals surface area contributed by atoms with Gasteiger partial charge in [0.05, 0.1) is 5.69 Å². The standard InChI is InChI=1S/C17H12F3N5O3/c18-17(19,20)28-13-5-3-12(4-6-13)25-10-22-15(24-25)8-2-11-1-7-14(21-9-11)23-16(26)27/h1-10H,(H,21,23)(H,26,27). The number of carboxylic acid groups (broad SMARTS) is 1. The molecule has 144 valence electrons. The van der Waals surface area contributed by atoms with E-state index in [0.717, 1.165) is 0 Å². The fraction of sp³-hybridized carbons (Fsp3) is 0.0588. The van der Waals surface area contributed by atoms with Crippen molar-refractivity contribution in [1.29, 1.82) is 0 Å². The Balaban J connectivity index is 1.66. The number of benzene rings is 1. The number of anilines is 1. The number of alkyl halides is 3. The van der Waals surface area contributed by atoms with Crippen LogP contribution >= 0.6 is 0 Å². The minimum Gasteiger partial charge on any atom is -0.465 e. The van der Waals surface area contributed by atoms with Crippen molar-refractivity contribution in [2.75, 3.05) is 5.32 Å². The highest BCUT2D eigenvalue weighted by Crippen LogP contribution is 2.23. The minimum absolute atomic E-state index is 0.199. The van der Waals surface area contributed by atoms with E-state index in [1.165, 1.54) is 47.5 Å². The first-order valence-electron chi connectivity index (χ1n) is 7.70. The third-order valence-electron chi connectivity index (χ3n) is 3.29. The highest BCUT2D eigenvalue weighted by atomic mass is 19.4. The van der Waals surface area contributed by atoms with Crippen molar-refractivity contribution >= 4 is 24.1 Å². The Labute approximate surface area is 155 Å². The Morgan fingerprint density at radius 2 is 1.86 bits per heavy atom. The molecule has 0 unspecified atom stereocenters.